The molecule has 1 aliphatic heterocycles. The fraction of sp³-hybridized carbons (Fsp3) is 0.333. The minimum absolute atomic E-state index is 0.244. The SMILES string of the molecule is CC(NC(=O)C(Cc1ccccc1)NC(=O)c1ccccc1)C(=O)N1CCCC1C(=O)O. The van der Waals surface area contributed by atoms with Crippen molar-refractivity contribution in [1.29, 1.82) is 0 Å². The number of carboxylic acids is 1. The zero-order chi connectivity index (χ0) is 23.1. The number of carbonyl (C=O) groups excluding carboxylic acids is 3. The molecule has 1 fully saturated rings. The van der Waals surface area contributed by atoms with Crippen molar-refractivity contribution < 1.29 is 24.3 Å². The molecule has 3 amide bonds. The van der Waals surface area contributed by atoms with Gasteiger partial charge in [-0.1, -0.05) is 48.5 Å². The fourth-order valence-electron chi connectivity index (χ4n) is 3.80. The van der Waals surface area contributed by atoms with E-state index in [0.29, 0.717) is 24.9 Å². The summed E-state index contributed by atoms with van der Waals surface area (Å²) in [7, 11) is 0. The van der Waals surface area contributed by atoms with Crippen LogP contribution in [0.2, 0.25) is 0 Å². The standard InChI is InChI=1S/C24H27N3O5/c1-16(23(30)27-14-8-13-20(27)24(31)32)25-22(29)19(15-17-9-4-2-5-10-17)26-21(28)18-11-6-3-7-12-18/h2-7,9-12,16,19-20H,8,13-15H2,1H3,(H,25,29)(H,26,28)(H,31,32). The molecule has 32 heavy (non-hydrogen) atoms. The molecule has 1 aliphatic rings. The summed E-state index contributed by atoms with van der Waals surface area (Å²) in [5, 5.41) is 14.7. The predicted octanol–water partition coefficient (Wildman–Crippen LogP) is 1.61. The Morgan fingerprint density at radius 1 is 1.00 bits per heavy atom. The van der Waals surface area contributed by atoms with E-state index in [1.165, 1.54) is 11.8 Å². The van der Waals surface area contributed by atoms with Crippen molar-refractivity contribution in [3.8, 4) is 0 Å². The van der Waals surface area contributed by atoms with E-state index in [0.717, 1.165) is 5.56 Å². The quantitative estimate of drug-likeness (QED) is 0.580. The lowest BCUT2D eigenvalue weighted by Crippen LogP contribution is -2.55. The van der Waals surface area contributed by atoms with Gasteiger partial charge in [0.1, 0.15) is 18.1 Å². The van der Waals surface area contributed by atoms with Crippen LogP contribution in [-0.2, 0) is 20.8 Å². The Morgan fingerprint density at radius 3 is 2.25 bits per heavy atom. The first-order valence-corrected chi connectivity index (χ1v) is 10.6. The molecule has 3 N–H and O–H groups in total. The van der Waals surface area contributed by atoms with Crippen molar-refractivity contribution in [2.45, 2.75) is 44.3 Å². The van der Waals surface area contributed by atoms with Gasteiger partial charge in [-0.15, -0.1) is 0 Å². The lowest BCUT2D eigenvalue weighted by atomic mass is 10.0. The zero-order valence-electron chi connectivity index (χ0n) is 17.9. The fourth-order valence-corrected chi connectivity index (χ4v) is 3.80. The van der Waals surface area contributed by atoms with Gasteiger partial charge in [0.05, 0.1) is 0 Å². The van der Waals surface area contributed by atoms with Crippen molar-refractivity contribution in [2.75, 3.05) is 6.54 Å². The minimum atomic E-state index is -1.05. The average molecular weight is 437 g/mol. The van der Waals surface area contributed by atoms with Gasteiger partial charge >= 0.3 is 5.97 Å². The van der Waals surface area contributed by atoms with Crippen molar-refractivity contribution in [1.82, 2.24) is 15.5 Å². The third-order valence-corrected chi connectivity index (χ3v) is 5.49. The molecule has 3 unspecified atom stereocenters. The van der Waals surface area contributed by atoms with Crippen molar-refractivity contribution >= 4 is 23.7 Å². The molecule has 1 heterocycles. The van der Waals surface area contributed by atoms with Crippen molar-refractivity contribution in [3.05, 3.63) is 71.8 Å². The Labute approximate surface area is 186 Å². The summed E-state index contributed by atoms with van der Waals surface area (Å²) in [6.07, 6.45) is 1.24. The molecule has 0 aromatic heterocycles. The van der Waals surface area contributed by atoms with Crippen molar-refractivity contribution in [2.24, 2.45) is 0 Å². The third-order valence-electron chi connectivity index (χ3n) is 5.49. The molecule has 0 aliphatic carbocycles. The van der Waals surface area contributed by atoms with E-state index in [1.807, 2.05) is 30.3 Å². The first-order chi connectivity index (χ1) is 15.4. The normalized spacial score (nSPS) is 17.3. The lowest BCUT2D eigenvalue weighted by molar-refractivity contribution is -0.149. The van der Waals surface area contributed by atoms with Crippen LogP contribution < -0.4 is 10.6 Å². The molecule has 168 valence electrons. The van der Waals surface area contributed by atoms with E-state index in [4.69, 9.17) is 0 Å². The van der Waals surface area contributed by atoms with Crippen LogP contribution in [0.5, 0.6) is 0 Å². The van der Waals surface area contributed by atoms with Crippen LogP contribution in [0.25, 0.3) is 0 Å². The van der Waals surface area contributed by atoms with Gasteiger partial charge in [-0.25, -0.2) is 4.79 Å². The summed E-state index contributed by atoms with van der Waals surface area (Å²) < 4.78 is 0. The number of aliphatic carboxylic acids is 1. The molecule has 8 nitrogen and oxygen atoms in total. The summed E-state index contributed by atoms with van der Waals surface area (Å²) in [6.45, 7) is 1.87. The molecule has 1 saturated heterocycles. The average Bonchev–Trinajstić information content (AvgIpc) is 3.29. The number of carboxylic acid groups (broad SMARTS) is 1. The highest BCUT2D eigenvalue weighted by Crippen LogP contribution is 2.18. The van der Waals surface area contributed by atoms with Crippen molar-refractivity contribution in [3.63, 3.8) is 0 Å². The van der Waals surface area contributed by atoms with E-state index in [9.17, 15) is 24.3 Å². The number of amides is 3. The number of nitrogens with zero attached hydrogens (tertiary/aromatic N) is 1. The summed E-state index contributed by atoms with van der Waals surface area (Å²) in [5.74, 6) is -2.40. The van der Waals surface area contributed by atoms with Crippen LogP contribution in [-0.4, -0.2) is 58.4 Å². The van der Waals surface area contributed by atoms with Crippen LogP contribution in [0.15, 0.2) is 60.7 Å². The van der Waals surface area contributed by atoms with Crippen LogP contribution in [0, 0.1) is 0 Å². The second-order valence-corrected chi connectivity index (χ2v) is 7.84. The maximum absolute atomic E-state index is 13.0. The second kappa shape index (κ2) is 10.6. The van der Waals surface area contributed by atoms with Crippen LogP contribution in [0.1, 0.15) is 35.7 Å². The van der Waals surface area contributed by atoms with E-state index in [-0.39, 0.29) is 6.42 Å². The lowest BCUT2D eigenvalue weighted by Gasteiger charge is -2.27. The first-order valence-electron chi connectivity index (χ1n) is 10.6. The number of carbonyl (C=O) groups is 4. The van der Waals surface area contributed by atoms with Crippen LogP contribution in [0.4, 0.5) is 0 Å². The summed E-state index contributed by atoms with van der Waals surface area (Å²) in [4.78, 5) is 51.2. The number of nitrogens with one attached hydrogen (secondary N) is 2. The van der Waals surface area contributed by atoms with Gasteiger partial charge in [0, 0.05) is 18.5 Å². The molecule has 0 saturated carbocycles. The molecule has 0 spiro atoms. The Balaban J connectivity index is 1.71. The number of hydrogen-bond acceptors (Lipinski definition) is 4. The Kier molecular flexibility index (Phi) is 7.59. The Morgan fingerprint density at radius 2 is 1.62 bits per heavy atom. The van der Waals surface area contributed by atoms with Crippen LogP contribution >= 0.6 is 0 Å². The molecule has 0 bridgehead atoms. The number of benzene rings is 2. The molecule has 2 aromatic rings. The number of hydrogen-bond donors (Lipinski definition) is 3. The molecule has 0 radical (unpaired) electrons. The summed E-state index contributed by atoms with van der Waals surface area (Å²) >= 11 is 0. The second-order valence-electron chi connectivity index (χ2n) is 7.84. The van der Waals surface area contributed by atoms with Gasteiger partial charge in [-0.05, 0) is 37.5 Å². The van der Waals surface area contributed by atoms with Gasteiger partial charge in [0.2, 0.25) is 11.8 Å². The molecular formula is C24H27N3O5. The third kappa shape index (κ3) is 5.72. The van der Waals surface area contributed by atoms with Gasteiger partial charge in [-0.2, -0.15) is 0 Å². The highest BCUT2D eigenvalue weighted by atomic mass is 16.4. The topological polar surface area (TPSA) is 116 Å². The van der Waals surface area contributed by atoms with Crippen LogP contribution in [0.3, 0.4) is 0 Å². The maximum Gasteiger partial charge on any atom is 0.326 e. The first kappa shape index (κ1) is 23.0. The highest BCUT2D eigenvalue weighted by Gasteiger charge is 2.36. The smallest absolute Gasteiger partial charge is 0.326 e. The zero-order valence-corrected chi connectivity index (χ0v) is 17.9. The predicted molar refractivity (Wildman–Crippen MR) is 118 cm³/mol. The number of rotatable bonds is 8. The van der Waals surface area contributed by atoms with Gasteiger partial charge < -0.3 is 20.6 Å². The molecule has 2 aromatic carbocycles. The molecule has 3 rings (SSSR count). The summed E-state index contributed by atoms with van der Waals surface area (Å²) in [6, 6.07) is 15.1. The van der Waals surface area contributed by atoms with E-state index >= 15 is 0 Å². The molecule has 8 heteroatoms. The largest absolute Gasteiger partial charge is 0.480 e. The van der Waals surface area contributed by atoms with Gasteiger partial charge in [-0.3, -0.25) is 14.4 Å². The van der Waals surface area contributed by atoms with Gasteiger partial charge in [0.25, 0.3) is 5.91 Å². The monoisotopic (exact) mass is 437 g/mol. The Hall–Kier alpha value is -3.68. The van der Waals surface area contributed by atoms with Gasteiger partial charge in [0.15, 0.2) is 0 Å². The molecule has 3 atom stereocenters. The van der Waals surface area contributed by atoms with E-state index in [2.05, 4.69) is 10.6 Å². The number of likely N-dealkylation sites (tertiary alicyclic amines) is 1. The Bertz CT molecular complexity index is 964. The maximum atomic E-state index is 13.0. The van der Waals surface area contributed by atoms with E-state index < -0.39 is 41.8 Å². The highest BCUT2D eigenvalue weighted by molar-refractivity contribution is 5.98. The summed E-state index contributed by atoms with van der Waals surface area (Å²) in [5.41, 5.74) is 1.27. The minimum Gasteiger partial charge on any atom is -0.480 e. The molecular weight excluding hydrogens is 410 g/mol. The van der Waals surface area contributed by atoms with E-state index in [1.54, 1.807) is 30.3 Å².